The zero-order chi connectivity index (χ0) is 14.9. The van der Waals surface area contributed by atoms with Gasteiger partial charge >= 0.3 is 0 Å². The molecule has 0 spiro atoms. The Hall–Kier alpha value is -0.490. The summed E-state index contributed by atoms with van der Waals surface area (Å²) in [5.74, 6) is -2.74. The van der Waals surface area contributed by atoms with E-state index < -0.39 is 28.9 Å². The van der Waals surface area contributed by atoms with Gasteiger partial charge in [-0.3, -0.25) is 4.90 Å². The Bertz CT molecular complexity index is 486. The van der Waals surface area contributed by atoms with Gasteiger partial charge in [-0.05, 0) is 17.5 Å². The molecule has 128 valence electrons. The molecule has 22 heavy (non-hydrogen) atoms. The van der Waals surface area contributed by atoms with E-state index in [9.17, 15) is 13.2 Å². The third-order valence-electron chi connectivity index (χ3n) is 3.69. The number of piperazine rings is 1. The first-order chi connectivity index (χ1) is 9.32. The highest BCUT2D eigenvalue weighted by Gasteiger charge is 2.37. The average Bonchev–Trinajstić information content (AvgIpc) is 2.39. The maximum atomic E-state index is 14.1. The van der Waals surface area contributed by atoms with Crippen LogP contribution in [-0.2, 0) is 0 Å². The molecule has 1 aliphatic rings. The summed E-state index contributed by atoms with van der Waals surface area (Å²) in [6.45, 7) is 8.68. The molecule has 1 fully saturated rings. The second-order valence-electron chi connectivity index (χ2n) is 6.31. The molecule has 0 radical (unpaired) electrons. The van der Waals surface area contributed by atoms with E-state index in [0.717, 1.165) is 25.2 Å². The van der Waals surface area contributed by atoms with Gasteiger partial charge in [0.15, 0.2) is 11.6 Å². The Labute approximate surface area is 142 Å². The highest BCUT2D eigenvalue weighted by molar-refractivity contribution is 5.85. The summed E-state index contributed by atoms with van der Waals surface area (Å²) in [5, 5.41) is 3.21. The number of hydrogen-bond acceptors (Lipinski definition) is 2. The van der Waals surface area contributed by atoms with Gasteiger partial charge < -0.3 is 5.32 Å². The Balaban J connectivity index is 0.00000220. The summed E-state index contributed by atoms with van der Waals surface area (Å²) in [7, 11) is 0. The summed E-state index contributed by atoms with van der Waals surface area (Å²) >= 11 is 0. The van der Waals surface area contributed by atoms with Crippen LogP contribution >= 0.6 is 24.8 Å². The van der Waals surface area contributed by atoms with E-state index in [1.807, 2.05) is 25.7 Å². The predicted octanol–water partition coefficient (Wildman–Crippen LogP) is 3.94. The van der Waals surface area contributed by atoms with E-state index in [1.54, 1.807) is 0 Å². The Kier molecular flexibility index (Phi) is 8.20. The van der Waals surface area contributed by atoms with Gasteiger partial charge in [-0.25, -0.2) is 13.2 Å². The maximum Gasteiger partial charge on any atom is 0.166 e. The van der Waals surface area contributed by atoms with Crippen molar-refractivity contribution in [3.05, 3.63) is 35.1 Å². The van der Waals surface area contributed by atoms with E-state index >= 15 is 0 Å². The first kappa shape index (κ1) is 21.5. The molecule has 1 aromatic carbocycles. The summed E-state index contributed by atoms with van der Waals surface area (Å²) < 4.78 is 41.8. The van der Waals surface area contributed by atoms with Crippen molar-refractivity contribution < 1.29 is 13.2 Å². The lowest BCUT2D eigenvalue weighted by Crippen LogP contribution is -2.48. The van der Waals surface area contributed by atoms with Gasteiger partial charge in [0.05, 0.1) is 0 Å². The second-order valence-corrected chi connectivity index (χ2v) is 6.31. The molecule has 7 heteroatoms. The van der Waals surface area contributed by atoms with Crippen molar-refractivity contribution in [2.45, 2.75) is 26.8 Å². The Morgan fingerprint density at radius 2 is 1.50 bits per heavy atom. The fourth-order valence-corrected chi connectivity index (χ4v) is 2.90. The molecular weight excluding hydrogens is 336 g/mol. The fraction of sp³-hybridized carbons (Fsp3) is 0.600. The predicted molar refractivity (Wildman–Crippen MR) is 87.5 cm³/mol. The number of nitrogens with one attached hydrogen (secondary N) is 1. The van der Waals surface area contributed by atoms with Gasteiger partial charge in [0.2, 0.25) is 0 Å². The standard InChI is InChI=1S/C15H21F3N2.2ClH/c1-15(2,3)14(20-8-6-19-7-9-20)12-10(16)4-5-11(17)13(12)18;;/h4-5,14,19H,6-9H2,1-3H3;2*1H/t14-;;/m0../s1. The number of hydrogen-bond donors (Lipinski definition) is 1. The van der Waals surface area contributed by atoms with Crippen LogP contribution in [-0.4, -0.2) is 31.1 Å². The smallest absolute Gasteiger partial charge is 0.166 e. The van der Waals surface area contributed by atoms with Gasteiger partial charge in [0.1, 0.15) is 5.82 Å². The van der Waals surface area contributed by atoms with Crippen LogP contribution in [0.2, 0.25) is 0 Å². The normalized spacial score (nSPS) is 17.4. The van der Waals surface area contributed by atoms with Crippen molar-refractivity contribution in [2.24, 2.45) is 5.41 Å². The molecule has 0 saturated carbocycles. The largest absolute Gasteiger partial charge is 0.314 e. The highest BCUT2D eigenvalue weighted by Crippen LogP contribution is 2.40. The monoisotopic (exact) mass is 358 g/mol. The summed E-state index contributed by atoms with van der Waals surface area (Å²) in [4.78, 5) is 2.03. The van der Waals surface area contributed by atoms with E-state index in [4.69, 9.17) is 0 Å². The van der Waals surface area contributed by atoms with Crippen LogP contribution in [0.5, 0.6) is 0 Å². The topological polar surface area (TPSA) is 15.3 Å². The number of rotatable bonds is 2. The van der Waals surface area contributed by atoms with Crippen LogP contribution in [0.15, 0.2) is 12.1 Å². The van der Waals surface area contributed by atoms with Crippen LogP contribution in [0.1, 0.15) is 32.4 Å². The van der Waals surface area contributed by atoms with Gasteiger partial charge in [0, 0.05) is 37.8 Å². The van der Waals surface area contributed by atoms with Crippen LogP contribution in [0.3, 0.4) is 0 Å². The van der Waals surface area contributed by atoms with Gasteiger partial charge in [0.25, 0.3) is 0 Å². The quantitative estimate of drug-likeness (QED) is 0.805. The van der Waals surface area contributed by atoms with Gasteiger partial charge in [-0.1, -0.05) is 20.8 Å². The van der Waals surface area contributed by atoms with Crippen LogP contribution in [0.25, 0.3) is 0 Å². The third-order valence-corrected chi connectivity index (χ3v) is 3.69. The Morgan fingerprint density at radius 1 is 1.00 bits per heavy atom. The van der Waals surface area contributed by atoms with Crippen molar-refractivity contribution >= 4 is 24.8 Å². The lowest BCUT2D eigenvalue weighted by Gasteiger charge is -2.42. The van der Waals surface area contributed by atoms with E-state index in [-0.39, 0.29) is 30.4 Å². The minimum absolute atomic E-state index is 0. The average molecular weight is 359 g/mol. The molecule has 1 atom stereocenters. The molecule has 1 N–H and O–H groups in total. The first-order valence-electron chi connectivity index (χ1n) is 6.90. The zero-order valence-electron chi connectivity index (χ0n) is 13.0. The molecule has 0 bridgehead atoms. The minimum atomic E-state index is -1.07. The molecule has 0 unspecified atom stereocenters. The van der Waals surface area contributed by atoms with E-state index in [2.05, 4.69) is 5.32 Å². The van der Waals surface area contributed by atoms with Crippen molar-refractivity contribution in [1.29, 1.82) is 0 Å². The van der Waals surface area contributed by atoms with Crippen molar-refractivity contribution in [3.8, 4) is 0 Å². The lowest BCUT2D eigenvalue weighted by atomic mass is 9.80. The minimum Gasteiger partial charge on any atom is -0.314 e. The molecular formula is C15H23Cl2F3N2. The third kappa shape index (κ3) is 4.51. The number of nitrogens with zero attached hydrogens (tertiary/aromatic N) is 1. The number of halogens is 5. The van der Waals surface area contributed by atoms with Crippen LogP contribution < -0.4 is 5.32 Å². The highest BCUT2D eigenvalue weighted by atomic mass is 35.5. The first-order valence-corrected chi connectivity index (χ1v) is 6.90. The second kappa shape index (κ2) is 8.39. The van der Waals surface area contributed by atoms with Crippen LogP contribution in [0.4, 0.5) is 13.2 Å². The molecule has 0 amide bonds. The van der Waals surface area contributed by atoms with E-state index in [1.165, 1.54) is 0 Å². The maximum absolute atomic E-state index is 14.1. The molecule has 1 aliphatic heterocycles. The molecule has 2 nitrogen and oxygen atoms in total. The van der Waals surface area contributed by atoms with Crippen LogP contribution in [0, 0.1) is 22.9 Å². The van der Waals surface area contributed by atoms with E-state index in [0.29, 0.717) is 13.1 Å². The molecule has 2 rings (SSSR count). The van der Waals surface area contributed by atoms with Gasteiger partial charge in [-0.15, -0.1) is 24.8 Å². The fourth-order valence-electron chi connectivity index (χ4n) is 2.90. The molecule has 0 aliphatic carbocycles. The van der Waals surface area contributed by atoms with Crippen molar-refractivity contribution in [3.63, 3.8) is 0 Å². The summed E-state index contributed by atoms with van der Waals surface area (Å²) in [6, 6.07) is 1.36. The Morgan fingerprint density at radius 3 is 2.00 bits per heavy atom. The van der Waals surface area contributed by atoms with Gasteiger partial charge in [-0.2, -0.15) is 0 Å². The lowest BCUT2D eigenvalue weighted by molar-refractivity contribution is 0.0798. The van der Waals surface area contributed by atoms with Crippen molar-refractivity contribution in [1.82, 2.24) is 10.2 Å². The van der Waals surface area contributed by atoms with Crippen molar-refractivity contribution in [2.75, 3.05) is 26.2 Å². The molecule has 1 saturated heterocycles. The molecule has 0 aromatic heterocycles. The summed E-state index contributed by atoms with van der Waals surface area (Å²) in [5.41, 5.74) is -0.549. The molecule has 1 heterocycles. The summed E-state index contributed by atoms with van der Waals surface area (Å²) in [6.07, 6.45) is 0. The number of benzene rings is 1. The zero-order valence-corrected chi connectivity index (χ0v) is 14.6. The SMILES string of the molecule is CC(C)(C)[C@H](c1c(F)ccc(F)c1F)N1CCNCC1.Cl.Cl. The molecule has 1 aromatic rings.